The van der Waals surface area contributed by atoms with Crippen LogP contribution < -0.4 is 5.32 Å². The van der Waals surface area contributed by atoms with E-state index < -0.39 is 23.5 Å². The first-order chi connectivity index (χ1) is 6.22. The first kappa shape index (κ1) is 12.9. The fourth-order valence-corrected chi connectivity index (χ4v) is 0.627. The van der Waals surface area contributed by atoms with Crippen LogP contribution in [0, 0.1) is 0 Å². The van der Waals surface area contributed by atoms with Crippen LogP contribution in [-0.2, 0) is 14.3 Å². The molecule has 0 rings (SSSR count). The van der Waals surface area contributed by atoms with Gasteiger partial charge in [-0.15, -0.1) is 0 Å². The highest BCUT2D eigenvalue weighted by Crippen LogP contribution is 2.05. The molecule has 0 saturated carbocycles. The molecule has 0 bridgehead atoms. The molecular formula is C9H17NO4. The Labute approximate surface area is 83.4 Å². The third-order valence-electron chi connectivity index (χ3n) is 1.38. The van der Waals surface area contributed by atoms with Gasteiger partial charge < -0.3 is 15.2 Å². The number of hydrogen-bond acceptors (Lipinski definition) is 3. The molecule has 0 radical (unpaired) electrons. The zero-order valence-electron chi connectivity index (χ0n) is 8.96. The van der Waals surface area contributed by atoms with Crippen molar-refractivity contribution in [3.05, 3.63) is 0 Å². The van der Waals surface area contributed by atoms with E-state index in [9.17, 15) is 9.59 Å². The van der Waals surface area contributed by atoms with Gasteiger partial charge in [0.15, 0.2) is 0 Å². The summed E-state index contributed by atoms with van der Waals surface area (Å²) in [5, 5.41) is 10.8. The lowest BCUT2D eigenvalue weighted by atomic mass is 10.2. The lowest BCUT2D eigenvalue weighted by Crippen LogP contribution is -2.41. The van der Waals surface area contributed by atoms with Crippen LogP contribution in [0.3, 0.4) is 0 Å². The molecule has 0 aromatic heterocycles. The topological polar surface area (TPSA) is 75.6 Å². The average Bonchev–Trinajstić information content (AvgIpc) is 1.99. The van der Waals surface area contributed by atoms with Gasteiger partial charge in [-0.25, -0.2) is 0 Å². The molecular weight excluding hydrogens is 186 g/mol. The van der Waals surface area contributed by atoms with Crippen LogP contribution in [0.5, 0.6) is 0 Å². The Bertz CT molecular complexity index is 219. The fourth-order valence-electron chi connectivity index (χ4n) is 0.627. The van der Waals surface area contributed by atoms with Crippen LogP contribution in [0.1, 0.15) is 27.7 Å². The van der Waals surface area contributed by atoms with E-state index in [0.29, 0.717) is 0 Å². The zero-order chi connectivity index (χ0) is 11.4. The summed E-state index contributed by atoms with van der Waals surface area (Å²) in [6, 6.07) is -0.883. The Morgan fingerprint density at radius 2 is 1.93 bits per heavy atom. The van der Waals surface area contributed by atoms with E-state index in [4.69, 9.17) is 9.84 Å². The fraction of sp³-hybridized carbons (Fsp3) is 0.778. The minimum atomic E-state index is -1.06. The van der Waals surface area contributed by atoms with Crippen molar-refractivity contribution in [2.24, 2.45) is 0 Å². The largest absolute Gasteiger partial charge is 0.480 e. The number of carboxylic acid groups (broad SMARTS) is 1. The smallest absolute Gasteiger partial charge is 0.325 e. The summed E-state index contributed by atoms with van der Waals surface area (Å²) in [6.45, 7) is 6.74. The van der Waals surface area contributed by atoms with Gasteiger partial charge in [-0.2, -0.15) is 0 Å². The monoisotopic (exact) mass is 203 g/mol. The quantitative estimate of drug-likeness (QED) is 0.693. The van der Waals surface area contributed by atoms with Crippen LogP contribution >= 0.6 is 0 Å². The normalized spacial score (nSPS) is 13.4. The number of amides is 1. The van der Waals surface area contributed by atoms with Gasteiger partial charge in [-0.3, -0.25) is 9.59 Å². The number of rotatable bonds is 4. The third-order valence-corrected chi connectivity index (χ3v) is 1.38. The molecule has 0 aliphatic carbocycles. The minimum absolute atomic E-state index is 0.124. The molecule has 1 atom stereocenters. The number of carboxylic acids is 1. The molecule has 5 nitrogen and oxygen atoms in total. The lowest BCUT2D eigenvalue weighted by Gasteiger charge is -2.19. The highest BCUT2D eigenvalue weighted by molar-refractivity contribution is 5.83. The van der Waals surface area contributed by atoms with Crippen LogP contribution in [0.2, 0.25) is 0 Å². The molecule has 2 N–H and O–H groups in total. The third kappa shape index (κ3) is 6.42. The predicted octanol–water partition coefficient (Wildman–Crippen LogP) is 0.391. The van der Waals surface area contributed by atoms with E-state index in [1.807, 2.05) is 20.8 Å². The van der Waals surface area contributed by atoms with Crippen molar-refractivity contribution in [3.63, 3.8) is 0 Å². The lowest BCUT2D eigenvalue weighted by molar-refractivity contribution is -0.143. The Kier molecular flexibility index (Phi) is 4.56. The standard InChI is InChI=1S/C9H17NO4/c1-6(8(12)13)10-7(11)5-14-9(2,3)4/h6H,5H2,1-4H3,(H,10,11)(H,12,13). The molecule has 1 amide bonds. The molecule has 1 unspecified atom stereocenters. The van der Waals surface area contributed by atoms with Crippen LogP contribution in [0.25, 0.3) is 0 Å². The van der Waals surface area contributed by atoms with Gasteiger partial charge in [-0.1, -0.05) is 0 Å². The molecule has 5 heteroatoms. The summed E-state index contributed by atoms with van der Waals surface area (Å²) in [4.78, 5) is 21.5. The average molecular weight is 203 g/mol. The first-order valence-corrected chi connectivity index (χ1v) is 4.38. The molecule has 0 fully saturated rings. The molecule has 0 aromatic carbocycles. The predicted molar refractivity (Wildman–Crippen MR) is 50.9 cm³/mol. The van der Waals surface area contributed by atoms with Crippen molar-refractivity contribution in [2.75, 3.05) is 6.61 Å². The van der Waals surface area contributed by atoms with Gasteiger partial charge >= 0.3 is 5.97 Å². The minimum Gasteiger partial charge on any atom is -0.480 e. The van der Waals surface area contributed by atoms with Crippen molar-refractivity contribution in [2.45, 2.75) is 39.3 Å². The number of ether oxygens (including phenoxy) is 1. The molecule has 0 aromatic rings. The van der Waals surface area contributed by atoms with E-state index >= 15 is 0 Å². The highest BCUT2D eigenvalue weighted by atomic mass is 16.5. The van der Waals surface area contributed by atoms with Gasteiger partial charge in [0.1, 0.15) is 12.6 Å². The second kappa shape index (κ2) is 4.95. The second-order valence-electron chi connectivity index (χ2n) is 4.03. The van der Waals surface area contributed by atoms with Crippen molar-refractivity contribution in [3.8, 4) is 0 Å². The maximum absolute atomic E-state index is 11.1. The van der Waals surface area contributed by atoms with Gasteiger partial charge in [0.2, 0.25) is 5.91 Å². The zero-order valence-corrected chi connectivity index (χ0v) is 8.96. The molecule has 0 heterocycles. The summed E-state index contributed by atoms with van der Waals surface area (Å²) in [5.41, 5.74) is -0.399. The Hall–Kier alpha value is -1.10. The Morgan fingerprint density at radius 3 is 2.29 bits per heavy atom. The summed E-state index contributed by atoms with van der Waals surface area (Å²) < 4.78 is 5.17. The Morgan fingerprint density at radius 1 is 1.43 bits per heavy atom. The van der Waals surface area contributed by atoms with E-state index in [0.717, 1.165) is 0 Å². The van der Waals surface area contributed by atoms with E-state index in [-0.39, 0.29) is 6.61 Å². The van der Waals surface area contributed by atoms with E-state index in [2.05, 4.69) is 5.32 Å². The summed E-state index contributed by atoms with van der Waals surface area (Å²) in [6.07, 6.45) is 0. The molecule has 82 valence electrons. The molecule has 0 aliphatic heterocycles. The number of hydrogen-bond donors (Lipinski definition) is 2. The second-order valence-corrected chi connectivity index (χ2v) is 4.03. The summed E-state index contributed by atoms with van der Waals surface area (Å²) in [5.74, 6) is -1.48. The van der Waals surface area contributed by atoms with Crippen molar-refractivity contribution >= 4 is 11.9 Å². The van der Waals surface area contributed by atoms with E-state index in [1.165, 1.54) is 6.92 Å². The Balaban J connectivity index is 3.83. The van der Waals surface area contributed by atoms with Crippen molar-refractivity contribution in [1.29, 1.82) is 0 Å². The van der Waals surface area contributed by atoms with Crippen LogP contribution in [0.4, 0.5) is 0 Å². The first-order valence-electron chi connectivity index (χ1n) is 4.38. The van der Waals surface area contributed by atoms with Crippen LogP contribution in [-0.4, -0.2) is 35.2 Å². The van der Waals surface area contributed by atoms with Crippen molar-refractivity contribution in [1.82, 2.24) is 5.32 Å². The maximum Gasteiger partial charge on any atom is 0.325 e. The molecule has 0 aliphatic rings. The van der Waals surface area contributed by atoms with Gasteiger partial charge in [0.05, 0.1) is 5.60 Å². The van der Waals surface area contributed by atoms with Gasteiger partial charge in [0, 0.05) is 0 Å². The maximum atomic E-state index is 11.1. The number of nitrogens with one attached hydrogen (secondary N) is 1. The number of aliphatic carboxylic acids is 1. The van der Waals surface area contributed by atoms with Gasteiger partial charge in [-0.05, 0) is 27.7 Å². The van der Waals surface area contributed by atoms with Crippen molar-refractivity contribution < 1.29 is 19.4 Å². The number of carbonyl (C=O) groups excluding carboxylic acids is 1. The SMILES string of the molecule is CC(NC(=O)COC(C)(C)C)C(=O)O. The highest BCUT2D eigenvalue weighted by Gasteiger charge is 2.16. The van der Waals surface area contributed by atoms with Crippen LogP contribution in [0.15, 0.2) is 0 Å². The summed E-state index contributed by atoms with van der Waals surface area (Å²) >= 11 is 0. The summed E-state index contributed by atoms with van der Waals surface area (Å²) in [7, 11) is 0. The van der Waals surface area contributed by atoms with Gasteiger partial charge in [0.25, 0.3) is 0 Å². The van der Waals surface area contributed by atoms with E-state index in [1.54, 1.807) is 0 Å². The molecule has 0 saturated heterocycles. The molecule has 14 heavy (non-hydrogen) atoms. The molecule has 0 spiro atoms. The number of carbonyl (C=O) groups is 2.